The van der Waals surface area contributed by atoms with Gasteiger partial charge in [0.15, 0.2) is 0 Å². The topological polar surface area (TPSA) is 52.7 Å². The molecular formula is C21H23N3O2S. The predicted molar refractivity (Wildman–Crippen MR) is 110 cm³/mol. The molecule has 0 unspecified atom stereocenters. The van der Waals surface area contributed by atoms with Gasteiger partial charge < -0.3 is 15.1 Å². The minimum absolute atomic E-state index is 0.0907. The van der Waals surface area contributed by atoms with E-state index >= 15 is 0 Å². The van der Waals surface area contributed by atoms with E-state index in [1.54, 1.807) is 11.8 Å². The number of hydrogen-bond donors (Lipinski definition) is 1. The molecule has 1 saturated heterocycles. The SMILES string of the molecule is CSc1ccc(C(=O)N2CCN(c3ccc4c(c3)CCC(=O)N4)CC2)cc1. The van der Waals surface area contributed by atoms with Crippen LogP contribution in [0.1, 0.15) is 22.3 Å². The average Bonchev–Trinajstić information content (AvgIpc) is 2.73. The summed E-state index contributed by atoms with van der Waals surface area (Å²) in [5.41, 5.74) is 4.05. The zero-order valence-electron chi connectivity index (χ0n) is 15.4. The number of carbonyl (C=O) groups excluding carboxylic acids is 2. The number of fused-ring (bicyclic) bond motifs is 1. The van der Waals surface area contributed by atoms with Crippen molar-refractivity contribution >= 4 is 35.0 Å². The first-order valence-electron chi connectivity index (χ1n) is 9.25. The molecule has 4 rings (SSSR count). The van der Waals surface area contributed by atoms with Gasteiger partial charge >= 0.3 is 0 Å². The maximum absolute atomic E-state index is 12.7. The van der Waals surface area contributed by atoms with Crippen molar-refractivity contribution in [1.82, 2.24) is 4.90 Å². The number of carbonyl (C=O) groups is 2. The summed E-state index contributed by atoms with van der Waals surface area (Å²) in [7, 11) is 0. The molecule has 0 spiro atoms. The van der Waals surface area contributed by atoms with Gasteiger partial charge in [-0.2, -0.15) is 0 Å². The Bertz CT molecular complexity index is 858. The van der Waals surface area contributed by atoms with Gasteiger partial charge in [0.1, 0.15) is 0 Å². The molecule has 6 heteroatoms. The van der Waals surface area contributed by atoms with Crippen LogP contribution in [0, 0.1) is 0 Å². The largest absolute Gasteiger partial charge is 0.368 e. The summed E-state index contributed by atoms with van der Waals surface area (Å²) in [5, 5.41) is 2.93. The summed E-state index contributed by atoms with van der Waals surface area (Å²) in [6.07, 6.45) is 3.37. The van der Waals surface area contributed by atoms with Gasteiger partial charge in [0, 0.05) is 54.4 Å². The van der Waals surface area contributed by atoms with Gasteiger partial charge in [0.2, 0.25) is 5.91 Å². The van der Waals surface area contributed by atoms with E-state index in [1.165, 1.54) is 16.1 Å². The van der Waals surface area contributed by atoms with Crippen LogP contribution in [0.25, 0.3) is 0 Å². The van der Waals surface area contributed by atoms with Gasteiger partial charge in [-0.3, -0.25) is 9.59 Å². The number of benzene rings is 2. The highest BCUT2D eigenvalue weighted by Crippen LogP contribution is 2.28. The number of piperazine rings is 1. The first-order valence-corrected chi connectivity index (χ1v) is 10.5. The minimum atomic E-state index is 0.0907. The van der Waals surface area contributed by atoms with E-state index in [1.807, 2.05) is 41.5 Å². The predicted octanol–water partition coefficient (Wildman–Crippen LogP) is 3.26. The fourth-order valence-electron chi connectivity index (χ4n) is 3.65. The molecule has 0 saturated carbocycles. The van der Waals surface area contributed by atoms with Crippen molar-refractivity contribution in [2.24, 2.45) is 0 Å². The van der Waals surface area contributed by atoms with E-state index < -0.39 is 0 Å². The Morgan fingerprint density at radius 2 is 1.74 bits per heavy atom. The van der Waals surface area contributed by atoms with E-state index in [-0.39, 0.29) is 11.8 Å². The molecule has 27 heavy (non-hydrogen) atoms. The van der Waals surface area contributed by atoms with Crippen molar-refractivity contribution in [3.05, 3.63) is 53.6 Å². The van der Waals surface area contributed by atoms with Crippen LogP contribution in [-0.2, 0) is 11.2 Å². The number of amides is 2. The lowest BCUT2D eigenvalue weighted by molar-refractivity contribution is -0.116. The third-order valence-corrected chi connectivity index (χ3v) is 6.00. The summed E-state index contributed by atoms with van der Waals surface area (Å²) in [5.74, 6) is 0.198. The van der Waals surface area contributed by atoms with Gasteiger partial charge in [-0.25, -0.2) is 0 Å². The van der Waals surface area contributed by atoms with Gasteiger partial charge in [0.25, 0.3) is 5.91 Å². The Morgan fingerprint density at radius 3 is 2.44 bits per heavy atom. The number of nitrogens with zero attached hydrogens (tertiary/aromatic N) is 2. The second kappa shape index (κ2) is 7.64. The fraction of sp³-hybridized carbons (Fsp3) is 0.333. The Labute approximate surface area is 163 Å². The molecule has 0 bridgehead atoms. The highest BCUT2D eigenvalue weighted by Gasteiger charge is 2.23. The maximum atomic E-state index is 12.7. The number of aryl methyl sites for hydroxylation is 1. The lowest BCUT2D eigenvalue weighted by atomic mass is 10.0. The summed E-state index contributed by atoms with van der Waals surface area (Å²) in [6, 6.07) is 14.1. The Kier molecular flexibility index (Phi) is 5.07. The van der Waals surface area contributed by atoms with Crippen molar-refractivity contribution in [2.75, 3.05) is 42.7 Å². The molecular weight excluding hydrogens is 358 g/mol. The second-order valence-electron chi connectivity index (χ2n) is 6.90. The summed E-state index contributed by atoms with van der Waals surface area (Å²) in [6.45, 7) is 3.08. The van der Waals surface area contributed by atoms with Gasteiger partial charge in [-0.05, 0) is 60.7 Å². The number of hydrogen-bond acceptors (Lipinski definition) is 4. The van der Waals surface area contributed by atoms with Crippen molar-refractivity contribution in [1.29, 1.82) is 0 Å². The smallest absolute Gasteiger partial charge is 0.253 e. The lowest BCUT2D eigenvalue weighted by Crippen LogP contribution is -2.48. The summed E-state index contributed by atoms with van der Waals surface area (Å²) in [4.78, 5) is 29.6. The first kappa shape index (κ1) is 17.9. The van der Waals surface area contributed by atoms with Gasteiger partial charge in [-0.1, -0.05) is 0 Å². The zero-order valence-corrected chi connectivity index (χ0v) is 16.2. The minimum Gasteiger partial charge on any atom is -0.368 e. The Hall–Kier alpha value is -2.47. The molecule has 0 atom stereocenters. The van der Waals surface area contributed by atoms with E-state index in [0.717, 1.165) is 43.9 Å². The number of nitrogens with one attached hydrogen (secondary N) is 1. The van der Waals surface area contributed by atoms with Gasteiger partial charge in [-0.15, -0.1) is 11.8 Å². The van der Waals surface area contributed by atoms with Gasteiger partial charge in [0.05, 0.1) is 0 Å². The molecule has 2 aromatic carbocycles. The van der Waals surface area contributed by atoms with Crippen LogP contribution in [0.5, 0.6) is 0 Å². The third-order valence-electron chi connectivity index (χ3n) is 5.25. The quantitative estimate of drug-likeness (QED) is 0.830. The normalized spacial score (nSPS) is 16.7. The number of anilines is 2. The van der Waals surface area contributed by atoms with Crippen LogP contribution in [0.4, 0.5) is 11.4 Å². The Balaban J connectivity index is 1.40. The summed E-state index contributed by atoms with van der Waals surface area (Å²) >= 11 is 1.68. The molecule has 1 fully saturated rings. The molecule has 1 N–H and O–H groups in total. The molecule has 0 aliphatic carbocycles. The molecule has 2 aliphatic rings. The highest BCUT2D eigenvalue weighted by atomic mass is 32.2. The molecule has 2 heterocycles. The molecule has 2 aromatic rings. The third kappa shape index (κ3) is 3.81. The molecule has 140 valence electrons. The number of rotatable bonds is 3. The van der Waals surface area contributed by atoms with E-state index in [9.17, 15) is 9.59 Å². The summed E-state index contributed by atoms with van der Waals surface area (Å²) < 4.78 is 0. The van der Waals surface area contributed by atoms with Crippen molar-refractivity contribution < 1.29 is 9.59 Å². The van der Waals surface area contributed by atoms with Crippen molar-refractivity contribution in [3.8, 4) is 0 Å². The van der Waals surface area contributed by atoms with Crippen molar-refractivity contribution in [3.63, 3.8) is 0 Å². The molecule has 5 nitrogen and oxygen atoms in total. The van der Waals surface area contributed by atoms with E-state index in [2.05, 4.69) is 22.3 Å². The first-order chi connectivity index (χ1) is 13.1. The molecule has 2 aliphatic heterocycles. The van der Waals surface area contributed by atoms with Crippen LogP contribution < -0.4 is 10.2 Å². The maximum Gasteiger partial charge on any atom is 0.253 e. The highest BCUT2D eigenvalue weighted by molar-refractivity contribution is 7.98. The fourth-order valence-corrected chi connectivity index (χ4v) is 4.06. The van der Waals surface area contributed by atoms with Crippen LogP contribution in [-0.4, -0.2) is 49.1 Å². The van der Waals surface area contributed by atoms with Crippen LogP contribution >= 0.6 is 11.8 Å². The zero-order chi connectivity index (χ0) is 18.8. The van der Waals surface area contributed by atoms with E-state index in [4.69, 9.17) is 0 Å². The monoisotopic (exact) mass is 381 g/mol. The second-order valence-corrected chi connectivity index (χ2v) is 7.78. The van der Waals surface area contributed by atoms with Crippen LogP contribution in [0.2, 0.25) is 0 Å². The Morgan fingerprint density at radius 1 is 1.00 bits per heavy atom. The molecule has 0 radical (unpaired) electrons. The average molecular weight is 382 g/mol. The van der Waals surface area contributed by atoms with Crippen LogP contribution in [0.3, 0.4) is 0 Å². The van der Waals surface area contributed by atoms with Crippen LogP contribution in [0.15, 0.2) is 47.4 Å². The van der Waals surface area contributed by atoms with E-state index in [0.29, 0.717) is 6.42 Å². The number of thioether (sulfide) groups is 1. The molecule has 2 amide bonds. The standard InChI is InChI=1S/C21H23N3O2S/c1-27-18-6-2-15(3-7-18)21(26)24-12-10-23(11-13-24)17-5-8-19-16(14-17)4-9-20(25)22-19/h2-3,5-8,14H,4,9-13H2,1H3,(H,22,25). The van der Waals surface area contributed by atoms with Crippen molar-refractivity contribution in [2.45, 2.75) is 17.7 Å². The molecule has 0 aromatic heterocycles. The lowest BCUT2D eigenvalue weighted by Gasteiger charge is -2.36.